The largest absolute Gasteiger partial charge is 0.497 e. The van der Waals surface area contributed by atoms with Crippen LogP contribution in [-0.4, -0.2) is 34.7 Å². The summed E-state index contributed by atoms with van der Waals surface area (Å²) in [6.45, 7) is 1.90. The number of ether oxygens (including phenoxy) is 1. The number of pyridine rings is 1. The van der Waals surface area contributed by atoms with E-state index in [0.29, 0.717) is 17.4 Å². The Morgan fingerprint density at radius 3 is 3.04 bits per heavy atom. The predicted octanol–water partition coefficient (Wildman–Crippen LogP) is 1.93. The van der Waals surface area contributed by atoms with Crippen molar-refractivity contribution in [2.45, 2.75) is 12.5 Å². The molecule has 23 heavy (non-hydrogen) atoms. The van der Waals surface area contributed by atoms with E-state index >= 15 is 0 Å². The van der Waals surface area contributed by atoms with Crippen LogP contribution in [0.25, 0.3) is 22.3 Å². The van der Waals surface area contributed by atoms with Gasteiger partial charge < -0.3 is 19.6 Å². The van der Waals surface area contributed by atoms with Crippen molar-refractivity contribution in [1.29, 1.82) is 0 Å². The first kappa shape index (κ1) is 14.0. The van der Waals surface area contributed by atoms with Crippen molar-refractivity contribution in [2.24, 2.45) is 0 Å². The van der Waals surface area contributed by atoms with Crippen molar-refractivity contribution in [2.75, 3.05) is 20.2 Å². The van der Waals surface area contributed by atoms with Gasteiger partial charge in [0.1, 0.15) is 11.6 Å². The van der Waals surface area contributed by atoms with Crippen LogP contribution in [0, 0.1) is 0 Å². The third-order valence-electron chi connectivity index (χ3n) is 4.39. The molecule has 2 N–H and O–H groups in total. The Morgan fingerprint density at radius 2 is 2.26 bits per heavy atom. The van der Waals surface area contributed by atoms with E-state index in [1.807, 2.05) is 30.5 Å². The summed E-state index contributed by atoms with van der Waals surface area (Å²) in [7, 11) is 1.63. The van der Waals surface area contributed by atoms with E-state index < -0.39 is 0 Å². The van der Waals surface area contributed by atoms with Gasteiger partial charge in [-0.05, 0) is 37.2 Å². The van der Waals surface area contributed by atoms with Gasteiger partial charge in [0.2, 0.25) is 0 Å². The van der Waals surface area contributed by atoms with Crippen LogP contribution in [0.2, 0.25) is 0 Å². The van der Waals surface area contributed by atoms with Crippen molar-refractivity contribution < 1.29 is 4.74 Å². The first-order valence-corrected chi connectivity index (χ1v) is 7.71. The van der Waals surface area contributed by atoms with Gasteiger partial charge >= 0.3 is 0 Å². The summed E-state index contributed by atoms with van der Waals surface area (Å²) in [6, 6.07) is 7.83. The molecule has 0 radical (unpaired) electrons. The van der Waals surface area contributed by atoms with Crippen LogP contribution in [0.3, 0.4) is 0 Å². The molecule has 0 bridgehead atoms. The Balaban J connectivity index is 1.87. The Bertz CT molecular complexity index is 906. The second kappa shape index (κ2) is 5.55. The van der Waals surface area contributed by atoms with Crippen molar-refractivity contribution in [3.63, 3.8) is 0 Å². The molecule has 0 unspecified atom stereocenters. The number of imidazole rings is 1. The molecule has 2 aromatic heterocycles. The molecule has 1 aliphatic rings. The minimum Gasteiger partial charge on any atom is -0.497 e. The number of H-pyrrole nitrogens is 1. The lowest BCUT2D eigenvalue weighted by atomic mass is 10.1. The summed E-state index contributed by atoms with van der Waals surface area (Å²) in [4.78, 5) is 19.9. The van der Waals surface area contributed by atoms with Crippen LogP contribution in [0.1, 0.15) is 12.5 Å². The third-order valence-corrected chi connectivity index (χ3v) is 4.39. The van der Waals surface area contributed by atoms with Crippen LogP contribution in [-0.2, 0) is 0 Å². The van der Waals surface area contributed by atoms with Gasteiger partial charge in [-0.3, -0.25) is 4.79 Å². The Labute approximate surface area is 133 Å². The lowest BCUT2D eigenvalue weighted by Crippen LogP contribution is -2.17. The summed E-state index contributed by atoms with van der Waals surface area (Å²) >= 11 is 0. The van der Waals surface area contributed by atoms with Gasteiger partial charge in [-0.25, -0.2) is 4.98 Å². The van der Waals surface area contributed by atoms with Crippen molar-refractivity contribution in [3.05, 3.63) is 47.0 Å². The maximum atomic E-state index is 12.5. The van der Waals surface area contributed by atoms with Gasteiger partial charge in [-0.1, -0.05) is 0 Å². The highest BCUT2D eigenvalue weighted by Gasteiger charge is 2.21. The van der Waals surface area contributed by atoms with Gasteiger partial charge in [-0.2, -0.15) is 0 Å². The second-order valence-electron chi connectivity index (χ2n) is 5.77. The summed E-state index contributed by atoms with van der Waals surface area (Å²) in [5, 5.41) is 4.28. The molecular weight excluding hydrogens is 292 g/mol. The minimum atomic E-state index is -0.124. The number of nitrogens with zero attached hydrogens (tertiary/aromatic N) is 2. The van der Waals surface area contributed by atoms with Crippen LogP contribution in [0.5, 0.6) is 5.75 Å². The molecule has 6 heteroatoms. The molecule has 0 amide bonds. The number of hydrogen-bond donors (Lipinski definition) is 2. The monoisotopic (exact) mass is 310 g/mol. The highest BCUT2D eigenvalue weighted by atomic mass is 16.5. The number of hydrogen-bond acceptors (Lipinski definition) is 4. The molecule has 3 heterocycles. The number of benzene rings is 1. The summed E-state index contributed by atoms with van der Waals surface area (Å²) < 4.78 is 7.36. The zero-order valence-corrected chi connectivity index (χ0v) is 12.9. The smallest absolute Gasteiger partial charge is 0.259 e. The average Bonchev–Trinajstić information content (AvgIpc) is 3.24. The molecule has 0 saturated carbocycles. The average molecular weight is 310 g/mol. The molecule has 1 aromatic carbocycles. The lowest BCUT2D eigenvalue weighted by molar-refractivity contribution is 0.415. The van der Waals surface area contributed by atoms with E-state index in [4.69, 9.17) is 4.74 Å². The number of aromatic nitrogens is 3. The van der Waals surface area contributed by atoms with E-state index in [9.17, 15) is 4.79 Å². The van der Waals surface area contributed by atoms with Crippen LogP contribution in [0.15, 0.2) is 41.5 Å². The molecule has 1 aliphatic heterocycles. The molecule has 1 atom stereocenters. The Morgan fingerprint density at radius 1 is 1.35 bits per heavy atom. The van der Waals surface area contributed by atoms with Crippen LogP contribution >= 0.6 is 0 Å². The van der Waals surface area contributed by atoms with E-state index in [2.05, 4.69) is 19.9 Å². The fraction of sp³-hybridized carbons (Fsp3) is 0.294. The fourth-order valence-corrected chi connectivity index (χ4v) is 3.17. The van der Waals surface area contributed by atoms with Crippen molar-refractivity contribution >= 4 is 10.9 Å². The van der Waals surface area contributed by atoms with Gasteiger partial charge in [0.25, 0.3) is 5.56 Å². The zero-order valence-electron chi connectivity index (χ0n) is 12.9. The third kappa shape index (κ3) is 2.41. The van der Waals surface area contributed by atoms with Gasteiger partial charge in [0.05, 0.1) is 12.7 Å². The number of nitrogens with one attached hydrogen (secondary N) is 2. The minimum absolute atomic E-state index is 0.124. The second-order valence-corrected chi connectivity index (χ2v) is 5.77. The quantitative estimate of drug-likeness (QED) is 0.775. The van der Waals surface area contributed by atoms with Gasteiger partial charge in [0, 0.05) is 35.9 Å². The fourth-order valence-electron chi connectivity index (χ4n) is 3.17. The van der Waals surface area contributed by atoms with Gasteiger partial charge in [0.15, 0.2) is 0 Å². The van der Waals surface area contributed by atoms with E-state index in [1.54, 1.807) is 13.3 Å². The number of fused-ring (bicyclic) bond motifs is 1. The maximum Gasteiger partial charge on any atom is 0.259 e. The SMILES string of the molecule is COc1ccc2[nH]c(=O)c(-c3nccn3[C@H]3CCNC3)cc2c1. The number of methoxy groups -OCH3 is 1. The Hall–Kier alpha value is -2.60. The molecule has 118 valence electrons. The molecule has 6 nitrogen and oxygen atoms in total. The number of rotatable bonds is 3. The normalized spacial score (nSPS) is 17.7. The molecule has 4 rings (SSSR count). The standard InChI is InChI=1S/C17H18N4O2/c1-23-13-2-3-15-11(8-13)9-14(17(22)20-15)16-19-6-7-21(16)12-4-5-18-10-12/h2-3,6-9,12,18H,4-5,10H2,1H3,(H,20,22)/t12-/m0/s1. The first-order valence-electron chi connectivity index (χ1n) is 7.71. The molecule has 1 fully saturated rings. The lowest BCUT2D eigenvalue weighted by Gasteiger charge is -2.14. The molecule has 1 saturated heterocycles. The number of aromatic amines is 1. The van der Waals surface area contributed by atoms with Crippen LogP contribution in [0.4, 0.5) is 0 Å². The maximum absolute atomic E-state index is 12.5. The first-order chi connectivity index (χ1) is 11.3. The zero-order chi connectivity index (χ0) is 15.8. The Kier molecular flexibility index (Phi) is 3.38. The summed E-state index contributed by atoms with van der Waals surface area (Å²) in [6.07, 6.45) is 4.74. The molecule has 0 aliphatic carbocycles. The van der Waals surface area contributed by atoms with Crippen molar-refractivity contribution in [1.82, 2.24) is 19.9 Å². The van der Waals surface area contributed by atoms with Gasteiger partial charge in [-0.15, -0.1) is 0 Å². The summed E-state index contributed by atoms with van der Waals surface area (Å²) in [5.74, 6) is 1.48. The van der Waals surface area contributed by atoms with Crippen molar-refractivity contribution in [3.8, 4) is 17.1 Å². The van der Waals surface area contributed by atoms with E-state index in [0.717, 1.165) is 36.2 Å². The molecule has 3 aromatic rings. The summed E-state index contributed by atoms with van der Waals surface area (Å²) in [5.41, 5.74) is 1.25. The van der Waals surface area contributed by atoms with E-state index in [1.165, 1.54) is 0 Å². The highest BCUT2D eigenvalue weighted by Crippen LogP contribution is 2.25. The molecule has 0 spiro atoms. The topological polar surface area (TPSA) is 71.9 Å². The predicted molar refractivity (Wildman–Crippen MR) is 88.9 cm³/mol. The van der Waals surface area contributed by atoms with Crippen LogP contribution < -0.4 is 15.6 Å². The van der Waals surface area contributed by atoms with E-state index in [-0.39, 0.29) is 5.56 Å². The molecular formula is C17H18N4O2. The highest BCUT2D eigenvalue weighted by molar-refractivity contribution is 5.83.